The van der Waals surface area contributed by atoms with Gasteiger partial charge in [-0.05, 0) is 51.0 Å². The Hall–Kier alpha value is -2.67. The molecule has 1 aromatic heterocycles. The van der Waals surface area contributed by atoms with Crippen LogP contribution in [0.3, 0.4) is 0 Å². The van der Waals surface area contributed by atoms with Crippen LogP contribution < -0.4 is 5.56 Å². The van der Waals surface area contributed by atoms with Gasteiger partial charge in [-0.3, -0.25) is 14.4 Å². The van der Waals surface area contributed by atoms with Gasteiger partial charge in [0.05, 0.1) is 5.52 Å². The van der Waals surface area contributed by atoms with Crippen molar-refractivity contribution in [2.24, 2.45) is 0 Å². The van der Waals surface area contributed by atoms with E-state index in [1.165, 1.54) is 0 Å². The van der Waals surface area contributed by atoms with Crippen LogP contribution in [0.2, 0.25) is 0 Å². The second kappa shape index (κ2) is 8.14. The van der Waals surface area contributed by atoms with Crippen molar-refractivity contribution in [1.82, 2.24) is 19.7 Å². The van der Waals surface area contributed by atoms with Gasteiger partial charge >= 0.3 is 0 Å². The Morgan fingerprint density at radius 3 is 2.32 bits per heavy atom. The van der Waals surface area contributed by atoms with Crippen LogP contribution in [0.5, 0.6) is 0 Å². The standard InChI is InChI=1S/C21H28N4O3/c1-14-11-15(2)19-16(12-14)13-17(20(27)22-19)21(28)25-9-7-24(8-10-25)18(26)5-6-23(3)4/h11-13H,5-10H2,1-4H3,(H,22,27). The number of aryl methyl sites for hydroxylation is 2. The Kier molecular flexibility index (Phi) is 5.84. The molecule has 0 saturated carbocycles. The largest absolute Gasteiger partial charge is 0.339 e. The third kappa shape index (κ3) is 4.25. The van der Waals surface area contributed by atoms with Gasteiger partial charge in [-0.25, -0.2) is 0 Å². The second-order valence-electron chi connectivity index (χ2n) is 7.78. The van der Waals surface area contributed by atoms with Crippen LogP contribution >= 0.6 is 0 Å². The maximum atomic E-state index is 12.9. The molecular formula is C21H28N4O3. The zero-order valence-corrected chi connectivity index (χ0v) is 17.0. The molecule has 1 aromatic carbocycles. The molecule has 3 rings (SSSR count). The molecule has 1 fully saturated rings. The van der Waals surface area contributed by atoms with Crippen molar-refractivity contribution < 1.29 is 9.59 Å². The van der Waals surface area contributed by atoms with Crippen molar-refractivity contribution in [2.45, 2.75) is 20.3 Å². The lowest BCUT2D eigenvalue weighted by Crippen LogP contribution is -2.51. The SMILES string of the molecule is Cc1cc(C)c2[nH]c(=O)c(C(=O)N3CCN(C(=O)CCN(C)C)CC3)cc2c1. The smallest absolute Gasteiger partial charge is 0.261 e. The fourth-order valence-corrected chi connectivity index (χ4v) is 3.65. The summed E-state index contributed by atoms with van der Waals surface area (Å²) < 4.78 is 0. The minimum atomic E-state index is -0.367. The third-order valence-electron chi connectivity index (χ3n) is 5.22. The number of benzene rings is 1. The van der Waals surface area contributed by atoms with Gasteiger partial charge in [0.15, 0.2) is 0 Å². The van der Waals surface area contributed by atoms with Gasteiger partial charge in [0, 0.05) is 39.1 Å². The van der Waals surface area contributed by atoms with Crippen LogP contribution in [0, 0.1) is 13.8 Å². The lowest BCUT2D eigenvalue weighted by atomic mass is 10.0. The number of nitrogens with zero attached hydrogens (tertiary/aromatic N) is 3. The molecule has 2 heterocycles. The highest BCUT2D eigenvalue weighted by atomic mass is 16.2. The van der Waals surface area contributed by atoms with Gasteiger partial charge < -0.3 is 19.7 Å². The molecular weight excluding hydrogens is 356 g/mol. The van der Waals surface area contributed by atoms with Crippen molar-refractivity contribution in [3.8, 4) is 0 Å². The van der Waals surface area contributed by atoms with Crippen molar-refractivity contribution in [2.75, 3.05) is 46.8 Å². The summed E-state index contributed by atoms with van der Waals surface area (Å²) in [6.07, 6.45) is 0.476. The summed E-state index contributed by atoms with van der Waals surface area (Å²) in [5.74, 6) is -0.169. The van der Waals surface area contributed by atoms with Crippen molar-refractivity contribution in [3.63, 3.8) is 0 Å². The van der Waals surface area contributed by atoms with Crippen LogP contribution in [0.4, 0.5) is 0 Å². The number of amides is 2. The summed E-state index contributed by atoms with van der Waals surface area (Å²) in [5, 5.41) is 0.859. The van der Waals surface area contributed by atoms with Gasteiger partial charge in [0.25, 0.3) is 11.5 Å². The molecule has 0 atom stereocenters. The van der Waals surface area contributed by atoms with Crippen molar-refractivity contribution in [1.29, 1.82) is 0 Å². The van der Waals surface area contributed by atoms with Crippen LogP contribution in [0.25, 0.3) is 10.9 Å². The molecule has 0 unspecified atom stereocenters. The zero-order valence-electron chi connectivity index (χ0n) is 17.0. The number of nitrogens with one attached hydrogen (secondary N) is 1. The molecule has 1 N–H and O–H groups in total. The lowest BCUT2D eigenvalue weighted by molar-refractivity contribution is -0.132. The second-order valence-corrected chi connectivity index (χ2v) is 7.78. The molecule has 150 valence electrons. The quantitative estimate of drug-likeness (QED) is 0.864. The molecule has 1 aliphatic heterocycles. The van der Waals surface area contributed by atoms with E-state index in [9.17, 15) is 14.4 Å². The molecule has 0 radical (unpaired) electrons. The molecule has 0 aliphatic carbocycles. The number of piperazine rings is 1. The van der Waals surface area contributed by atoms with E-state index in [0.717, 1.165) is 22.0 Å². The number of carbonyl (C=O) groups excluding carboxylic acids is 2. The summed E-state index contributed by atoms with van der Waals surface area (Å²) in [4.78, 5) is 46.0. The average Bonchev–Trinajstić information content (AvgIpc) is 2.66. The Labute approximate surface area is 164 Å². The van der Waals surface area contributed by atoms with Gasteiger partial charge in [-0.1, -0.05) is 11.6 Å². The van der Waals surface area contributed by atoms with E-state index in [-0.39, 0.29) is 22.9 Å². The Morgan fingerprint density at radius 1 is 1.04 bits per heavy atom. The summed E-state index contributed by atoms with van der Waals surface area (Å²) in [5.41, 5.74) is 2.62. The van der Waals surface area contributed by atoms with E-state index < -0.39 is 0 Å². The summed E-state index contributed by atoms with van der Waals surface area (Å²) >= 11 is 0. The predicted octanol–water partition coefficient (Wildman–Crippen LogP) is 1.38. The lowest BCUT2D eigenvalue weighted by Gasteiger charge is -2.35. The topological polar surface area (TPSA) is 76.7 Å². The average molecular weight is 384 g/mol. The number of aromatic nitrogens is 1. The fraction of sp³-hybridized carbons (Fsp3) is 0.476. The highest BCUT2D eigenvalue weighted by Gasteiger charge is 2.26. The molecule has 1 aliphatic rings. The maximum Gasteiger partial charge on any atom is 0.261 e. The van der Waals surface area contributed by atoms with Crippen LogP contribution in [-0.4, -0.2) is 78.3 Å². The first kappa shape index (κ1) is 20.1. The Balaban J connectivity index is 1.72. The van der Waals surface area contributed by atoms with Crippen LogP contribution in [0.15, 0.2) is 23.0 Å². The Bertz CT molecular complexity index is 956. The minimum absolute atomic E-state index is 0.107. The van der Waals surface area contributed by atoms with Crippen molar-refractivity contribution in [3.05, 3.63) is 45.2 Å². The van der Waals surface area contributed by atoms with E-state index >= 15 is 0 Å². The Morgan fingerprint density at radius 2 is 1.68 bits per heavy atom. The molecule has 0 bridgehead atoms. The van der Waals surface area contributed by atoms with E-state index in [1.807, 2.05) is 45.0 Å². The van der Waals surface area contributed by atoms with Gasteiger partial charge in [-0.15, -0.1) is 0 Å². The molecule has 7 nitrogen and oxygen atoms in total. The van der Waals surface area contributed by atoms with E-state index in [1.54, 1.807) is 15.9 Å². The number of rotatable bonds is 4. The molecule has 7 heteroatoms. The normalized spacial score (nSPS) is 14.8. The van der Waals surface area contributed by atoms with Crippen molar-refractivity contribution >= 4 is 22.7 Å². The molecule has 1 saturated heterocycles. The number of hydrogen-bond acceptors (Lipinski definition) is 4. The molecule has 2 aromatic rings. The molecule has 28 heavy (non-hydrogen) atoms. The van der Waals surface area contributed by atoms with Gasteiger partial charge in [0.1, 0.15) is 5.56 Å². The van der Waals surface area contributed by atoms with Crippen LogP contribution in [-0.2, 0) is 4.79 Å². The van der Waals surface area contributed by atoms with Crippen LogP contribution in [0.1, 0.15) is 27.9 Å². The first-order valence-electron chi connectivity index (χ1n) is 9.62. The number of hydrogen-bond donors (Lipinski definition) is 1. The number of carbonyl (C=O) groups is 2. The van der Waals surface area contributed by atoms with E-state index in [0.29, 0.717) is 39.1 Å². The number of aromatic amines is 1. The minimum Gasteiger partial charge on any atom is -0.339 e. The monoisotopic (exact) mass is 384 g/mol. The number of fused-ring (bicyclic) bond motifs is 1. The van der Waals surface area contributed by atoms with E-state index in [2.05, 4.69) is 4.98 Å². The fourth-order valence-electron chi connectivity index (χ4n) is 3.65. The first-order chi connectivity index (χ1) is 13.3. The third-order valence-corrected chi connectivity index (χ3v) is 5.22. The highest BCUT2D eigenvalue weighted by molar-refractivity contribution is 5.98. The molecule has 0 spiro atoms. The first-order valence-corrected chi connectivity index (χ1v) is 9.62. The summed E-state index contributed by atoms with van der Waals surface area (Å²) in [7, 11) is 3.88. The van der Waals surface area contributed by atoms with Gasteiger partial charge in [-0.2, -0.15) is 0 Å². The van der Waals surface area contributed by atoms with E-state index in [4.69, 9.17) is 0 Å². The number of pyridine rings is 1. The van der Waals surface area contributed by atoms with Gasteiger partial charge in [0.2, 0.25) is 5.91 Å². The predicted molar refractivity (Wildman–Crippen MR) is 110 cm³/mol. The molecule has 2 amide bonds. The maximum absolute atomic E-state index is 12.9. The summed E-state index contributed by atoms with van der Waals surface area (Å²) in [6.45, 7) is 6.53. The summed E-state index contributed by atoms with van der Waals surface area (Å²) in [6, 6.07) is 5.66. The highest BCUT2D eigenvalue weighted by Crippen LogP contribution is 2.19. The number of H-pyrrole nitrogens is 1. The zero-order chi connectivity index (χ0) is 20.4.